The maximum atomic E-state index is 13.1. The van der Waals surface area contributed by atoms with E-state index in [0.717, 1.165) is 11.3 Å². The maximum Gasteiger partial charge on any atom is 0.253 e. The lowest BCUT2D eigenvalue weighted by Crippen LogP contribution is -2.50. The van der Waals surface area contributed by atoms with Crippen LogP contribution in [-0.2, 0) is 19.6 Å². The molecule has 0 saturated carbocycles. The molecule has 1 unspecified atom stereocenters. The van der Waals surface area contributed by atoms with Crippen molar-refractivity contribution in [2.24, 2.45) is 5.92 Å². The summed E-state index contributed by atoms with van der Waals surface area (Å²) in [7, 11) is -3.67. The number of amides is 2. The van der Waals surface area contributed by atoms with Crippen LogP contribution in [0.2, 0.25) is 5.02 Å². The molecule has 2 amide bonds. The van der Waals surface area contributed by atoms with E-state index in [2.05, 4.69) is 10.3 Å². The van der Waals surface area contributed by atoms with Crippen LogP contribution in [0.1, 0.15) is 25.7 Å². The largest absolute Gasteiger partial charge is 0.341 e. The van der Waals surface area contributed by atoms with Crippen LogP contribution in [0.4, 0.5) is 5.82 Å². The van der Waals surface area contributed by atoms with E-state index in [1.165, 1.54) is 10.5 Å². The van der Waals surface area contributed by atoms with Crippen LogP contribution in [0.3, 0.4) is 0 Å². The number of thiophene rings is 1. The first-order valence-corrected chi connectivity index (χ1v) is 12.8. The summed E-state index contributed by atoms with van der Waals surface area (Å²) in [4.78, 5) is 31.4. The average Bonchev–Trinajstić information content (AvgIpc) is 3.48. The molecule has 2 saturated heterocycles. The molecule has 11 heteroatoms. The summed E-state index contributed by atoms with van der Waals surface area (Å²) < 4.78 is 27.5. The van der Waals surface area contributed by atoms with Crippen molar-refractivity contribution in [1.29, 1.82) is 0 Å². The highest BCUT2D eigenvalue weighted by Crippen LogP contribution is 2.30. The lowest BCUT2D eigenvalue weighted by atomic mass is 9.95. The molecule has 1 atom stereocenters. The van der Waals surface area contributed by atoms with E-state index in [1.54, 1.807) is 34.5 Å². The van der Waals surface area contributed by atoms with E-state index >= 15 is 0 Å². The van der Waals surface area contributed by atoms with E-state index in [0.29, 0.717) is 56.2 Å². The van der Waals surface area contributed by atoms with Gasteiger partial charge in [0.05, 0.1) is 5.02 Å². The highest BCUT2D eigenvalue weighted by Gasteiger charge is 2.42. The first kappa shape index (κ1) is 22.2. The third-order valence-corrected chi connectivity index (χ3v) is 9.21. The minimum Gasteiger partial charge on any atom is -0.341 e. The lowest BCUT2D eigenvalue weighted by Gasteiger charge is -2.34. The Labute approximate surface area is 190 Å². The second kappa shape index (κ2) is 9.23. The average molecular weight is 483 g/mol. The predicted molar refractivity (Wildman–Crippen MR) is 118 cm³/mol. The molecule has 2 aromatic heterocycles. The minimum absolute atomic E-state index is 0.135. The molecule has 8 nitrogen and oxygen atoms in total. The number of pyridine rings is 1. The molecule has 0 aliphatic carbocycles. The van der Waals surface area contributed by atoms with Crippen molar-refractivity contribution in [2.75, 3.05) is 25.0 Å². The van der Waals surface area contributed by atoms with Crippen LogP contribution in [-0.4, -0.2) is 60.1 Å². The van der Waals surface area contributed by atoms with Crippen LogP contribution >= 0.6 is 22.9 Å². The van der Waals surface area contributed by atoms with Crippen molar-refractivity contribution in [3.05, 3.63) is 40.9 Å². The zero-order valence-electron chi connectivity index (χ0n) is 16.7. The van der Waals surface area contributed by atoms with Crippen molar-refractivity contribution in [3.63, 3.8) is 0 Å². The fourth-order valence-corrected chi connectivity index (χ4v) is 6.93. The zero-order chi connectivity index (χ0) is 22.0. The molecule has 2 aliphatic rings. The van der Waals surface area contributed by atoms with Gasteiger partial charge in [-0.05, 0) is 49.3 Å². The van der Waals surface area contributed by atoms with Crippen LogP contribution in [0.15, 0.2) is 40.1 Å². The predicted octanol–water partition coefficient (Wildman–Crippen LogP) is 2.83. The summed E-state index contributed by atoms with van der Waals surface area (Å²) in [6, 6.07) is 5.89. The minimum atomic E-state index is -3.67. The Morgan fingerprint density at radius 2 is 1.90 bits per heavy atom. The van der Waals surface area contributed by atoms with E-state index in [-0.39, 0.29) is 21.9 Å². The molecular formula is C20H23ClN4O4S2. The van der Waals surface area contributed by atoms with Gasteiger partial charge >= 0.3 is 0 Å². The van der Waals surface area contributed by atoms with Gasteiger partial charge in [0.15, 0.2) is 0 Å². The summed E-state index contributed by atoms with van der Waals surface area (Å²) >= 11 is 6.97. The first-order valence-electron chi connectivity index (χ1n) is 10.1. The molecule has 1 N–H and O–H groups in total. The van der Waals surface area contributed by atoms with Crippen molar-refractivity contribution in [2.45, 2.75) is 35.9 Å². The Morgan fingerprint density at radius 3 is 2.55 bits per heavy atom. The molecule has 0 bridgehead atoms. The number of rotatable bonds is 5. The number of halogens is 1. The number of nitrogens with one attached hydrogen (secondary N) is 1. The molecular weight excluding hydrogens is 460 g/mol. The topological polar surface area (TPSA) is 99.7 Å². The number of sulfonamides is 1. The Hall–Kier alpha value is -2.01. The Morgan fingerprint density at radius 1 is 1.13 bits per heavy atom. The summed E-state index contributed by atoms with van der Waals surface area (Å²) in [5.41, 5.74) is 0. The third-order valence-electron chi connectivity index (χ3n) is 5.70. The molecule has 0 aromatic carbocycles. The van der Waals surface area contributed by atoms with Crippen LogP contribution in [0.25, 0.3) is 0 Å². The van der Waals surface area contributed by atoms with Crippen molar-refractivity contribution in [1.82, 2.24) is 14.2 Å². The Bertz CT molecular complexity index is 1040. The summed E-state index contributed by atoms with van der Waals surface area (Å²) in [5.74, 6) is -0.0927. The lowest BCUT2D eigenvalue weighted by molar-refractivity contribution is -0.137. The fraction of sp³-hybridized carbons (Fsp3) is 0.450. The molecule has 0 spiro atoms. The molecule has 166 valence electrons. The fourth-order valence-electron chi connectivity index (χ4n) is 4.05. The summed E-state index contributed by atoms with van der Waals surface area (Å²) in [6.45, 7) is 1.20. The molecule has 2 fully saturated rings. The van der Waals surface area contributed by atoms with Gasteiger partial charge in [-0.1, -0.05) is 17.7 Å². The second-order valence-corrected chi connectivity index (χ2v) is 11.2. The van der Waals surface area contributed by atoms with Gasteiger partial charge in [-0.3, -0.25) is 9.59 Å². The van der Waals surface area contributed by atoms with Crippen molar-refractivity contribution in [3.8, 4) is 0 Å². The molecule has 4 rings (SSSR count). The van der Waals surface area contributed by atoms with Gasteiger partial charge in [-0.2, -0.15) is 4.31 Å². The van der Waals surface area contributed by atoms with Crippen molar-refractivity contribution < 1.29 is 18.0 Å². The standard InChI is InChI=1S/C20H23ClN4O4S2/c21-15-5-6-17(22-13-15)23-19(26)14-7-10-24(11-8-14)20(27)16-3-1-9-25(16)31(28,29)18-4-2-12-30-18/h2,4-6,12-14,16H,1,3,7-11H2,(H,22,23,26). The monoisotopic (exact) mass is 482 g/mol. The van der Waals surface area contributed by atoms with Crippen LogP contribution in [0.5, 0.6) is 0 Å². The van der Waals surface area contributed by atoms with Crippen molar-refractivity contribution >= 4 is 50.6 Å². The molecule has 31 heavy (non-hydrogen) atoms. The number of likely N-dealkylation sites (tertiary alicyclic amines) is 1. The number of piperidine rings is 1. The van der Waals surface area contributed by atoms with Gasteiger partial charge in [0.25, 0.3) is 10.0 Å². The Balaban J connectivity index is 1.35. The molecule has 4 heterocycles. The van der Waals surface area contributed by atoms with Gasteiger partial charge in [0, 0.05) is 31.7 Å². The number of carbonyl (C=O) groups is 2. The number of aromatic nitrogens is 1. The van der Waals surface area contributed by atoms with Gasteiger partial charge in [-0.15, -0.1) is 11.3 Å². The quantitative estimate of drug-likeness (QED) is 0.706. The van der Waals surface area contributed by atoms with Gasteiger partial charge < -0.3 is 10.2 Å². The van der Waals surface area contributed by atoms with Gasteiger partial charge in [0.2, 0.25) is 11.8 Å². The van der Waals surface area contributed by atoms with E-state index < -0.39 is 16.1 Å². The third kappa shape index (κ3) is 4.77. The van der Waals surface area contributed by atoms with Crippen LogP contribution < -0.4 is 5.32 Å². The highest BCUT2D eigenvalue weighted by molar-refractivity contribution is 7.91. The van der Waals surface area contributed by atoms with E-state index in [9.17, 15) is 18.0 Å². The highest BCUT2D eigenvalue weighted by atomic mass is 35.5. The number of hydrogen-bond donors (Lipinski definition) is 1. The molecule has 2 aromatic rings. The number of hydrogen-bond acceptors (Lipinski definition) is 6. The van der Waals surface area contributed by atoms with E-state index in [1.807, 2.05) is 0 Å². The summed E-state index contributed by atoms with van der Waals surface area (Å²) in [5, 5.41) is 4.99. The van der Waals surface area contributed by atoms with E-state index in [4.69, 9.17) is 11.6 Å². The molecule has 0 radical (unpaired) electrons. The summed E-state index contributed by atoms with van der Waals surface area (Å²) in [6.07, 6.45) is 3.70. The van der Waals surface area contributed by atoms with Crippen LogP contribution in [0, 0.1) is 5.92 Å². The smallest absolute Gasteiger partial charge is 0.253 e. The van der Waals surface area contributed by atoms with Gasteiger partial charge in [0.1, 0.15) is 16.1 Å². The number of carbonyl (C=O) groups excluding carboxylic acids is 2. The number of anilines is 1. The molecule has 2 aliphatic heterocycles. The second-order valence-electron chi connectivity index (χ2n) is 7.66. The maximum absolute atomic E-state index is 13.1. The van der Waals surface area contributed by atoms with Gasteiger partial charge in [-0.25, -0.2) is 13.4 Å². The normalized spacial score (nSPS) is 20.7. The zero-order valence-corrected chi connectivity index (χ0v) is 19.1. The Kier molecular flexibility index (Phi) is 6.61. The first-order chi connectivity index (χ1) is 14.9. The number of nitrogens with zero attached hydrogens (tertiary/aromatic N) is 3. The SMILES string of the molecule is O=C(Nc1ccc(Cl)cn1)C1CCN(C(=O)C2CCCN2S(=O)(=O)c2cccs2)CC1.